The van der Waals surface area contributed by atoms with E-state index in [1.54, 1.807) is 0 Å². The fourth-order valence-corrected chi connectivity index (χ4v) is 3.38. The molecule has 17 heavy (non-hydrogen) atoms. The molecule has 0 heterocycles. The van der Waals surface area contributed by atoms with E-state index in [4.69, 9.17) is 0 Å². The predicted octanol–water partition coefficient (Wildman–Crippen LogP) is 4.50. The van der Waals surface area contributed by atoms with Crippen molar-refractivity contribution in [2.24, 2.45) is 0 Å². The van der Waals surface area contributed by atoms with Gasteiger partial charge in [-0.3, -0.25) is 0 Å². The molecule has 2 rings (SSSR count). The molecule has 1 heteroatoms. The van der Waals surface area contributed by atoms with Crippen LogP contribution in [-0.2, 0) is 28.6 Å². The standard InChI is InChI=1S/2C7H7.C2H6.Ti/c2*1-7-5-3-2-4-6-7;1-2;/h2*2-6H,1H2;1-2H3;. The van der Waals surface area contributed by atoms with Gasteiger partial charge in [0.15, 0.2) is 0 Å². The molecule has 0 amide bonds. The van der Waals surface area contributed by atoms with Gasteiger partial charge in [-0.05, 0) is 0 Å². The number of rotatable bonds is 4. The van der Waals surface area contributed by atoms with E-state index in [1.807, 2.05) is 13.8 Å². The fourth-order valence-electron chi connectivity index (χ4n) is 1.54. The average Bonchev–Trinajstić information content (AvgIpc) is 2.43. The molecule has 0 saturated heterocycles. The van der Waals surface area contributed by atoms with Gasteiger partial charge in [0.05, 0.1) is 0 Å². The third kappa shape index (κ3) is 5.86. The van der Waals surface area contributed by atoms with E-state index in [1.165, 1.54) is 20.6 Å². The van der Waals surface area contributed by atoms with Crippen LogP contribution in [0.4, 0.5) is 0 Å². The molecule has 0 saturated carbocycles. The SMILES string of the molecule is CC.c1ccc([CH2][Ti][CH2]c2ccccc2)cc1. The quantitative estimate of drug-likeness (QED) is 0.710. The Hall–Kier alpha value is -0.846. The minimum absolute atomic E-state index is 0.136. The second-order valence-corrected chi connectivity index (χ2v) is 5.46. The van der Waals surface area contributed by atoms with Crippen LogP contribution >= 0.6 is 0 Å². The molecular formula is C16H20Ti. The van der Waals surface area contributed by atoms with Crippen molar-refractivity contribution >= 4 is 0 Å². The summed E-state index contributed by atoms with van der Waals surface area (Å²) in [5.74, 6) is 0. The van der Waals surface area contributed by atoms with Gasteiger partial charge in [0.25, 0.3) is 0 Å². The first-order chi connectivity index (χ1) is 8.45. The van der Waals surface area contributed by atoms with Gasteiger partial charge in [0.1, 0.15) is 0 Å². The van der Waals surface area contributed by atoms with Crippen LogP contribution in [-0.4, -0.2) is 0 Å². The van der Waals surface area contributed by atoms with E-state index in [-0.39, 0.29) is 19.2 Å². The van der Waals surface area contributed by atoms with Crippen LogP contribution in [0.2, 0.25) is 0 Å². The first-order valence-electron chi connectivity index (χ1n) is 6.24. The topological polar surface area (TPSA) is 0 Å². The number of hydrogen-bond donors (Lipinski definition) is 0. The molecule has 0 radical (unpaired) electrons. The molecule has 2 aromatic rings. The van der Waals surface area contributed by atoms with Gasteiger partial charge in [-0.1, -0.05) is 13.8 Å². The van der Waals surface area contributed by atoms with Crippen molar-refractivity contribution in [1.29, 1.82) is 0 Å². The van der Waals surface area contributed by atoms with Gasteiger partial charge in [0.2, 0.25) is 0 Å². The molecule has 0 N–H and O–H groups in total. The molecule has 0 aromatic heterocycles. The molecule has 2 aromatic carbocycles. The van der Waals surface area contributed by atoms with Gasteiger partial charge in [0, 0.05) is 0 Å². The zero-order chi connectivity index (χ0) is 12.3. The normalized spacial score (nSPS) is 9.06. The van der Waals surface area contributed by atoms with Crippen LogP contribution in [0.25, 0.3) is 0 Å². The molecule has 88 valence electrons. The second kappa shape index (κ2) is 9.21. The van der Waals surface area contributed by atoms with Crippen LogP contribution in [0.5, 0.6) is 0 Å². The zero-order valence-electron chi connectivity index (χ0n) is 10.7. The summed E-state index contributed by atoms with van der Waals surface area (Å²) in [5, 5.41) is 0. The Morgan fingerprint density at radius 2 is 1.00 bits per heavy atom. The van der Waals surface area contributed by atoms with E-state index in [9.17, 15) is 0 Å². The molecule has 0 bridgehead atoms. The maximum atomic E-state index is 2.23. The zero-order valence-corrected chi connectivity index (χ0v) is 12.2. The molecule has 0 unspecified atom stereocenters. The fraction of sp³-hybridized carbons (Fsp3) is 0.250. The van der Waals surface area contributed by atoms with Gasteiger partial charge < -0.3 is 0 Å². The molecule has 0 aliphatic heterocycles. The summed E-state index contributed by atoms with van der Waals surface area (Å²) in [7, 11) is 0. The maximum absolute atomic E-state index is 2.23. The van der Waals surface area contributed by atoms with Crippen LogP contribution in [0, 0.1) is 0 Å². The number of benzene rings is 2. The summed E-state index contributed by atoms with van der Waals surface area (Å²) in [6, 6.07) is 21.6. The first-order valence-corrected chi connectivity index (χ1v) is 8.44. The van der Waals surface area contributed by atoms with E-state index in [0.29, 0.717) is 0 Å². The van der Waals surface area contributed by atoms with Crippen molar-refractivity contribution in [2.45, 2.75) is 23.3 Å². The van der Waals surface area contributed by atoms with Gasteiger partial charge >= 0.3 is 100 Å². The third-order valence-corrected chi connectivity index (χ3v) is 4.40. The molecular weight excluding hydrogens is 240 g/mol. The Morgan fingerprint density at radius 3 is 1.35 bits per heavy atom. The van der Waals surface area contributed by atoms with Crippen molar-refractivity contribution in [3.63, 3.8) is 0 Å². The van der Waals surface area contributed by atoms with Crippen molar-refractivity contribution < 1.29 is 19.2 Å². The van der Waals surface area contributed by atoms with E-state index >= 15 is 0 Å². The summed E-state index contributed by atoms with van der Waals surface area (Å²) in [6.45, 7) is 4.00. The molecule has 0 aliphatic rings. The average molecular weight is 260 g/mol. The van der Waals surface area contributed by atoms with Crippen LogP contribution in [0.3, 0.4) is 0 Å². The van der Waals surface area contributed by atoms with E-state index < -0.39 is 0 Å². The molecule has 0 spiro atoms. The van der Waals surface area contributed by atoms with Crippen molar-refractivity contribution in [3.8, 4) is 0 Å². The molecule has 0 nitrogen and oxygen atoms in total. The Kier molecular flexibility index (Phi) is 7.70. The summed E-state index contributed by atoms with van der Waals surface area (Å²) in [4.78, 5) is 0. The third-order valence-electron chi connectivity index (χ3n) is 2.34. The monoisotopic (exact) mass is 260 g/mol. The van der Waals surface area contributed by atoms with Gasteiger partial charge in [-0.15, -0.1) is 0 Å². The molecule has 0 aliphatic carbocycles. The second-order valence-electron chi connectivity index (χ2n) is 3.57. The summed E-state index contributed by atoms with van der Waals surface area (Å²) in [6.07, 6.45) is 0. The predicted molar refractivity (Wildman–Crippen MR) is 71.6 cm³/mol. The van der Waals surface area contributed by atoms with Crippen LogP contribution in [0.15, 0.2) is 60.7 Å². The number of hydrogen-bond acceptors (Lipinski definition) is 0. The Morgan fingerprint density at radius 1 is 0.647 bits per heavy atom. The Balaban J connectivity index is 0.000000686. The summed E-state index contributed by atoms with van der Waals surface area (Å²) in [5.41, 5.74) is 2.99. The Labute approximate surface area is 114 Å². The van der Waals surface area contributed by atoms with E-state index in [0.717, 1.165) is 0 Å². The van der Waals surface area contributed by atoms with E-state index in [2.05, 4.69) is 60.7 Å². The van der Waals surface area contributed by atoms with Crippen LogP contribution < -0.4 is 0 Å². The van der Waals surface area contributed by atoms with Crippen molar-refractivity contribution in [3.05, 3.63) is 71.8 Å². The van der Waals surface area contributed by atoms with Crippen molar-refractivity contribution in [1.82, 2.24) is 0 Å². The summed E-state index contributed by atoms with van der Waals surface area (Å²) >= 11 is 0.136. The summed E-state index contributed by atoms with van der Waals surface area (Å²) < 4.78 is 2.60. The van der Waals surface area contributed by atoms with Crippen molar-refractivity contribution in [2.75, 3.05) is 0 Å². The molecule has 0 atom stereocenters. The molecule has 0 fully saturated rings. The first kappa shape index (κ1) is 14.2. The Bertz CT molecular complexity index is 341. The van der Waals surface area contributed by atoms with Gasteiger partial charge in [-0.2, -0.15) is 0 Å². The van der Waals surface area contributed by atoms with Crippen LogP contribution in [0.1, 0.15) is 25.0 Å². The van der Waals surface area contributed by atoms with Gasteiger partial charge in [-0.25, -0.2) is 0 Å². The minimum atomic E-state index is 0.136.